The molecule has 26 heavy (non-hydrogen) atoms. The molecule has 0 heterocycles. The van der Waals surface area contributed by atoms with E-state index in [2.05, 4.69) is 13.8 Å². The fourth-order valence-corrected chi connectivity index (χ4v) is 3.36. The average Bonchev–Trinajstić information content (AvgIpc) is 2.60. The van der Waals surface area contributed by atoms with Crippen molar-refractivity contribution in [1.82, 2.24) is 0 Å². The van der Waals surface area contributed by atoms with Crippen molar-refractivity contribution in [2.45, 2.75) is 97.2 Å². The van der Waals surface area contributed by atoms with Crippen molar-refractivity contribution in [1.29, 1.82) is 0 Å². The molecule has 0 saturated heterocycles. The molecule has 1 aliphatic carbocycles. The molecule has 0 radical (unpaired) electrons. The number of hydrogen-bond donors (Lipinski definition) is 0. The standard InChI is InChI=1S/C20H36O6/c1-4-7-8-11-16(10-5-2)15-24-20(22)26-18-13-9-12-17(14-18)25-19(21)23-6-3/h16-18H,4-15H2,1-3H3. The second-order valence-electron chi connectivity index (χ2n) is 7.04. The highest BCUT2D eigenvalue weighted by Gasteiger charge is 2.28. The molecule has 152 valence electrons. The number of unbranched alkanes of at least 4 members (excludes halogenated alkanes) is 2. The molecule has 6 heteroatoms. The fourth-order valence-electron chi connectivity index (χ4n) is 3.36. The van der Waals surface area contributed by atoms with Gasteiger partial charge in [-0.15, -0.1) is 0 Å². The predicted octanol–water partition coefficient (Wildman–Crippen LogP) is 5.62. The quantitative estimate of drug-likeness (QED) is 0.346. The molecular formula is C20H36O6. The van der Waals surface area contributed by atoms with Crippen molar-refractivity contribution < 1.29 is 28.5 Å². The van der Waals surface area contributed by atoms with E-state index in [4.69, 9.17) is 18.9 Å². The Labute approximate surface area is 157 Å². The van der Waals surface area contributed by atoms with Gasteiger partial charge in [-0.1, -0.05) is 39.5 Å². The first-order chi connectivity index (χ1) is 12.6. The van der Waals surface area contributed by atoms with E-state index in [0.29, 0.717) is 18.9 Å². The van der Waals surface area contributed by atoms with Gasteiger partial charge in [0, 0.05) is 6.42 Å². The summed E-state index contributed by atoms with van der Waals surface area (Å²) in [6.45, 7) is 6.78. The van der Waals surface area contributed by atoms with Gasteiger partial charge in [0.15, 0.2) is 0 Å². The van der Waals surface area contributed by atoms with E-state index in [1.165, 1.54) is 19.3 Å². The van der Waals surface area contributed by atoms with Gasteiger partial charge in [0.05, 0.1) is 13.2 Å². The second-order valence-corrected chi connectivity index (χ2v) is 7.04. The average molecular weight is 373 g/mol. The number of ether oxygens (including phenoxy) is 4. The molecule has 0 aromatic heterocycles. The van der Waals surface area contributed by atoms with Crippen molar-refractivity contribution in [3.05, 3.63) is 0 Å². The van der Waals surface area contributed by atoms with E-state index >= 15 is 0 Å². The minimum Gasteiger partial charge on any atom is -0.435 e. The molecule has 0 aromatic rings. The minimum absolute atomic E-state index is 0.262. The number of hydrogen-bond acceptors (Lipinski definition) is 6. The van der Waals surface area contributed by atoms with Crippen LogP contribution in [0.5, 0.6) is 0 Å². The van der Waals surface area contributed by atoms with Gasteiger partial charge in [0.1, 0.15) is 12.2 Å². The van der Waals surface area contributed by atoms with Gasteiger partial charge in [0.2, 0.25) is 0 Å². The van der Waals surface area contributed by atoms with Crippen LogP contribution in [0.15, 0.2) is 0 Å². The van der Waals surface area contributed by atoms with Crippen LogP contribution in [0.2, 0.25) is 0 Å². The maximum atomic E-state index is 12.0. The molecule has 0 aliphatic heterocycles. The zero-order chi connectivity index (χ0) is 19.2. The van der Waals surface area contributed by atoms with Crippen LogP contribution in [-0.2, 0) is 18.9 Å². The summed E-state index contributed by atoms with van der Waals surface area (Å²) in [6, 6.07) is 0. The second kappa shape index (κ2) is 13.7. The van der Waals surface area contributed by atoms with Crippen LogP contribution >= 0.6 is 0 Å². The van der Waals surface area contributed by atoms with Crippen molar-refractivity contribution in [3.8, 4) is 0 Å². The summed E-state index contributed by atoms with van der Waals surface area (Å²) in [5, 5.41) is 0. The van der Waals surface area contributed by atoms with Crippen LogP contribution in [0.3, 0.4) is 0 Å². The Morgan fingerprint density at radius 3 is 2.12 bits per heavy atom. The van der Waals surface area contributed by atoms with Gasteiger partial charge in [-0.05, 0) is 44.9 Å². The summed E-state index contributed by atoms with van der Waals surface area (Å²) in [5.41, 5.74) is 0. The van der Waals surface area contributed by atoms with Gasteiger partial charge in [-0.25, -0.2) is 9.59 Å². The smallest absolute Gasteiger partial charge is 0.435 e. The van der Waals surface area contributed by atoms with E-state index in [0.717, 1.165) is 38.5 Å². The Balaban J connectivity index is 2.30. The lowest BCUT2D eigenvalue weighted by Crippen LogP contribution is -2.32. The molecule has 0 aromatic carbocycles. The van der Waals surface area contributed by atoms with Gasteiger partial charge in [-0.2, -0.15) is 0 Å². The van der Waals surface area contributed by atoms with E-state index in [1.807, 2.05) is 0 Å². The van der Waals surface area contributed by atoms with Crippen LogP contribution in [0.4, 0.5) is 9.59 Å². The highest BCUT2D eigenvalue weighted by Crippen LogP contribution is 2.24. The van der Waals surface area contributed by atoms with Gasteiger partial charge in [-0.3, -0.25) is 0 Å². The summed E-state index contributed by atoms with van der Waals surface area (Å²) < 4.78 is 20.8. The number of rotatable bonds is 11. The molecule has 0 N–H and O–H groups in total. The van der Waals surface area contributed by atoms with Crippen LogP contribution in [0.1, 0.15) is 85.0 Å². The lowest BCUT2D eigenvalue weighted by atomic mass is 9.95. The first kappa shape index (κ1) is 22.6. The SMILES string of the molecule is CCCCCC(CCC)COC(=O)OC1CCCC(OC(=O)OCC)C1. The lowest BCUT2D eigenvalue weighted by Gasteiger charge is -2.28. The summed E-state index contributed by atoms with van der Waals surface area (Å²) >= 11 is 0. The Morgan fingerprint density at radius 1 is 0.885 bits per heavy atom. The molecule has 6 nitrogen and oxygen atoms in total. The fraction of sp³-hybridized carbons (Fsp3) is 0.900. The van der Waals surface area contributed by atoms with Crippen molar-refractivity contribution >= 4 is 12.3 Å². The summed E-state index contributed by atoms with van der Waals surface area (Å²) in [7, 11) is 0. The van der Waals surface area contributed by atoms with Crippen molar-refractivity contribution in [2.75, 3.05) is 13.2 Å². The van der Waals surface area contributed by atoms with E-state index in [9.17, 15) is 9.59 Å². The summed E-state index contributed by atoms with van der Waals surface area (Å²) in [6.07, 6.45) is 7.93. The Hall–Kier alpha value is -1.46. The first-order valence-corrected chi connectivity index (χ1v) is 10.3. The number of carbonyl (C=O) groups excluding carboxylic acids is 2. The molecule has 1 saturated carbocycles. The van der Waals surface area contributed by atoms with E-state index < -0.39 is 12.3 Å². The van der Waals surface area contributed by atoms with Gasteiger partial charge >= 0.3 is 12.3 Å². The topological polar surface area (TPSA) is 71.1 Å². The Kier molecular flexibility index (Phi) is 11.9. The highest BCUT2D eigenvalue weighted by atomic mass is 16.7. The molecular weight excluding hydrogens is 336 g/mol. The third kappa shape index (κ3) is 9.88. The summed E-state index contributed by atoms with van der Waals surface area (Å²) in [4.78, 5) is 23.4. The molecule has 0 spiro atoms. The molecule has 1 fully saturated rings. The first-order valence-electron chi connectivity index (χ1n) is 10.3. The minimum atomic E-state index is -0.657. The van der Waals surface area contributed by atoms with Crippen LogP contribution in [0, 0.1) is 5.92 Å². The van der Waals surface area contributed by atoms with Gasteiger partial charge in [0.25, 0.3) is 0 Å². The van der Waals surface area contributed by atoms with Crippen LogP contribution in [0.25, 0.3) is 0 Å². The maximum Gasteiger partial charge on any atom is 0.508 e. The van der Waals surface area contributed by atoms with Crippen molar-refractivity contribution in [3.63, 3.8) is 0 Å². The molecule has 1 rings (SSSR count). The molecule has 0 bridgehead atoms. The zero-order valence-electron chi connectivity index (χ0n) is 16.7. The van der Waals surface area contributed by atoms with E-state index in [1.54, 1.807) is 6.92 Å². The van der Waals surface area contributed by atoms with Crippen molar-refractivity contribution in [2.24, 2.45) is 5.92 Å². The molecule has 0 amide bonds. The zero-order valence-corrected chi connectivity index (χ0v) is 16.7. The monoisotopic (exact) mass is 372 g/mol. The molecule has 3 atom stereocenters. The van der Waals surface area contributed by atoms with Crippen LogP contribution < -0.4 is 0 Å². The summed E-state index contributed by atoms with van der Waals surface area (Å²) in [5.74, 6) is 0.408. The van der Waals surface area contributed by atoms with Gasteiger partial charge < -0.3 is 18.9 Å². The normalized spacial score (nSPS) is 20.9. The maximum absolute atomic E-state index is 12.0. The third-order valence-electron chi connectivity index (χ3n) is 4.72. The predicted molar refractivity (Wildman–Crippen MR) is 99.1 cm³/mol. The Bertz CT molecular complexity index is 398. The van der Waals surface area contributed by atoms with Crippen LogP contribution in [-0.4, -0.2) is 37.7 Å². The third-order valence-corrected chi connectivity index (χ3v) is 4.72. The molecule has 1 aliphatic rings. The number of carbonyl (C=O) groups is 2. The Morgan fingerprint density at radius 2 is 1.54 bits per heavy atom. The van der Waals surface area contributed by atoms with E-state index in [-0.39, 0.29) is 18.8 Å². The lowest BCUT2D eigenvalue weighted by molar-refractivity contribution is -0.0366. The molecule has 3 unspecified atom stereocenters. The highest BCUT2D eigenvalue weighted by molar-refractivity contribution is 5.60. The largest absolute Gasteiger partial charge is 0.508 e.